The normalized spacial score (nSPS) is 32.9. The Labute approximate surface area is 110 Å². The van der Waals surface area contributed by atoms with Crippen molar-refractivity contribution in [2.24, 2.45) is 5.92 Å². The van der Waals surface area contributed by atoms with Crippen LogP contribution in [0.3, 0.4) is 0 Å². The number of carbonyl (C=O) groups is 1. The van der Waals surface area contributed by atoms with Gasteiger partial charge in [-0.25, -0.2) is 0 Å². The quantitative estimate of drug-likeness (QED) is 0.755. The molecule has 2 atom stereocenters. The average molecular weight is 295 g/mol. The molecule has 0 radical (unpaired) electrons. The lowest BCUT2D eigenvalue weighted by atomic mass is 9.71. The van der Waals surface area contributed by atoms with Gasteiger partial charge in [0.15, 0.2) is 5.78 Å². The van der Waals surface area contributed by atoms with Gasteiger partial charge >= 0.3 is 0 Å². The fourth-order valence-electron chi connectivity index (χ4n) is 2.63. The van der Waals surface area contributed by atoms with Crippen LogP contribution >= 0.6 is 15.9 Å². The lowest BCUT2D eigenvalue weighted by molar-refractivity contribution is -0.134. The van der Waals surface area contributed by atoms with Crippen molar-refractivity contribution in [1.29, 1.82) is 0 Å². The molecule has 1 unspecified atom stereocenters. The summed E-state index contributed by atoms with van der Waals surface area (Å²) in [6.07, 6.45) is 3.48. The molecule has 0 aromatic carbocycles. The first-order valence-corrected chi connectivity index (χ1v) is 6.31. The maximum atomic E-state index is 12.3. The molecule has 0 bridgehead atoms. The Balaban J connectivity index is 2.73. The van der Waals surface area contributed by atoms with Crippen LogP contribution in [0.5, 0.6) is 0 Å². The Bertz CT molecular complexity index is 518. The van der Waals surface area contributed by atoms with Crippen LogP contribution in [-0.2, 0) is 4.79 Å². The van der Waals surface area contributed by atoms with Gasteiger partial charge in [-0.1, -0.05) is 11.6 Å². The molecule has 0 aliphatic heterocycles. The van der Waals surface area contributed by atoms with Crippen LogP contribution in [0.4, 0.5) is 0 Å². The van der Waals surface area contributed by atoms with Crippen molar-refractivity contribution in [1.82, 2.24) is 0 Å². The lowest BCUT2D eigenvalue weighted by Crippen LogP contribution is -2.46. The fourth-order valence-corrected chi connectivity index (χ4v) is 3.27. The van der Waals surface area contributed by atoms with E-state index in [0.717, 1.165) is 21.2 Å². The first kappa shape index (κ1) is 12.5. The predicted octanol–water partition coefficient (Wildman–Crippen LogP) is 3.05. The third kappa shape index (κ3) is 1.53. The lowest BCUT2D eigenvalue weighted by Gasteiger charge is -2.36. The van der Waals surface area contributed by atoms with Crippen molar-refractivity contribution in [3.63, 3.8) is 0 Å². The van der Waals surface area contributed by atoms with Crippen LogP contribution < -0.4 is 0 Å². The van der Waals surface area contributed by atoms with Gasteiger partial charge in [-0.3, -0.25) is 4.79 Å². The van der Waals surface area contributed by atoms with Gasteiger partial charge < -0.3 is 5.11 Å². The summed E-state index contributed by atoms with van der Waals surface area (Å²) < 4.78 is 0.945. The zero-order valence-corrected chi connectivity index (χ0v) is 11.8. The molecular formula is C14H15BrO2. The van der Waals surface area contributed by atoms with E-state index < -0.39 is 5.60 Å². The molecule has 0 fully saturated rings. The van der Waals surface area contributed by atoms with Crippen LogP contribution in [0.2, 0.25) is 0 Å². The molecule has 2 rings (SSSR count). The zero-order valence-electron chi connectivity index (χ0n) is 10.2. The van der Waals surface area contributed by atoms with E-state index in [9.17, 15) is 9.90 Å². The summed E-state index contributed by atoms with van der Waals surface area (Å²) in [4.78, 5) is 12.3. The smallest absolute Gasteiger partial charge is 0.195 e. The van der Waals surface area contributed by atoms with Gasteiger partial charge in [0, 0.05) is 16.0 Å². The molecule has 90 valence electrons. The molecule has 2 nitrogen and oxygen atoms in total. The highest BCUT2D eigenvalue weighted by Gasteiger charge is 2.47. The topological polar surface area (TPSA) is 37.3 Å². The number of ketones is 1. The molecule has 0 heterocycles. The number of halogens is 1. The Morgan fingerprint density at radius 2 is 2.12 bits per heavy atom. The number of aliphatic hydroxyl groups is 1. The number of rotatable bonds is 1. The van der Waals surface area contributed by atoms with Gasteiger partial charge in [-0.15, -0.1) is 6.58 Å². The third-order valence-corrected chi connectivity index (χ3v) is 4.62. The minimum absolute atomic E-state index is 0.225. The Morgan fingerprint density at radius 3 is 2.65 bits per heavy atom. The number of hydrogen-bond acceptors (Lipinski definition) is 2. The van der Waals surface area contributed by atoms with E-state index in [2.05, 4.69) is 22.5 Å². The van der Waals surface area contributed by atoms with Crippen LogP contribution in [0.1, 0.15) is 20.8 Å². The maximum Gasteiger partial charge on any atom is 0.195 e. The molecule has 0 saturated carbocycles. The second kappa shape index (κ2) is 3.79. The van der Waals surface area contributed by atoms with E-state index in [1.807, 2.05) is 19.9 Å². The second-order valence-corrected chi connectivity index (χ2v) is 5.60. The minimum atomic E-state index is -1.39. The van der Waals surface area contributed by atoms with Crippen LogP contribution in [-0.4, -0.2) is 16.5 Å². The van der Waals surface area contributed by atoms with E-state index >= 15 is 0 Å². The summed E-state index contributed by atoms with van der Waals surface area (Å²) in [5, 5.41) is 10.4. The van der Waals surface area contributed by atoms with Crippen LogP contribution in [0.25, 0.3) is 0 Å². The molecular weight excluding hydrogens is 280 g/mol. The number of Topliss-reactive ketones (excluding diaryl/α,β-unsaturated/α-hetero) is 1. The summed E-state index contributed by atoms with van der Waals surface area (Å²) in [7, 11) is 0. The minimum Gasteiger partial charge on any atom is -0.381 e. The number of carbonyl (C=O) groups excluding carboxylic acids is 1. The van der Waals surface area contributed by atoms with Gasteiger partial charge in [-0.05, 0) is 53.9 Å². The number of fused-ring (bicyclic) bond motifs is 1. The van der Waals surface area contributed by atoms with E-state index in [1.165, 1.54) is 0 Å². The SMILES string of the molecule is C=CC1C(C)=C2C(=CC(C)=C2Br)C(=O)[C@]1(C)O. The molecule has 3 heteroatoms. The van der Waals surface area contributed by atoms with Gasteiger partial charge in [0.25, 0.3) is 0 Å². The molecule has 0 aromatic rings. The molecule has 2 aliphatic carbocycles. The van der Waals surface area contributed by atoms with Gasteiger partial charge in [0.1, 0.15) is 5.60 Å². The molecule has 0 saturated heterocycles. The van der Waals surface area contributed by atoms with Crippen LogP contribution in [0.15, 0.2) is 45.5 Å². The first-order valence-electron chi connectivity index (χ1n) is 5.51. The monoisotopic (exact) mass is 294 g/mol. The molecule has 0 spiro atoms. The Hall–Kier alpha value is -0.930. The highest BCUT2D eigenvalue weighted by molar-refractivity contribution is 9.12. The largest absolute Gasteiger partial charge is 0.381 e. The van der Waals surface area contributed by atoms with E-state index in [0.29, 0.717) is 5.57 Å². The van der Waals surface area contributed by atoms with Gasteiger partial charge in [-0.2, -0.15) is 0 Å². The summed E-state index contributed by atoms with van der Waals surface area (Å²) in [6, 6.07) is 0. The fraction of sp³-hybridized carbons (Fsp3) is 0.357. The molecule has 17 heavy (non-hydrogen) atoms. The van der Waals surface area contributed by atoms with E-state index in [4.69, 9.17) is 0 Å². The Kier molecular flexibility index (Phi) is 2.79. The summed E-state index contributed by atoms with van der Waals surface area (Å²) in [5.74, 6) is -0.558. The van der Waals surface area contributed by atoms with Gasteiger partial charge in [0.2, 0.25) is 0 Å². The highest BCUT2D eigenvalue weighted by Crippen LogP contribution is 2.47. The molecule has 0 aromatic heterocycles. The van der Waals surface area contributed by atoms with Crippen molar-refractivity contribution in [2.75, 3.05) is 0 Å². The maximum absolute atomic E-state index is 12.3. The second-order valence-electron chi connectivity index (χ2n) is 4.80. The zero-order chi connectivity index (χ0) is 13.0. The van der Waals surface area contributed by atoms with Crippen molar-refractivity contribution in [2.45, 2.75) is 26.4 Å². The third-order valence-electron chi connectivity index (χ3n) is 3.60. The van der Waals surface area contributed by atoms with E-state index in [1.54, 1.807) is 13.0 Å². The summed E-state index contributed by atoms with van der Waals surface area (Å²) in [5.41, 5.74) is 2.14. The van der Waals surface area contributed by atoms with Crippen LogP contribution in [0, 0.1) is 5.92 Å². The standard InChI is InChI=1S/C14H15BrO2/c1-5-10-8(3)11-9(6-7(2)12(11)15)13(16)14(10,4)17/h5-6,10,17H,1H2,2-4H3/t10?,14-/m1/s1. The number of hydrogen-bond donors (Lipinski definition) is 1. The van der Waals surface area contributed by atoms with Crippen molar-refractivity contribution >= 4 is 21.7 Å². The predicted molar refractivity (Wildman–Crippen MR) is 71.7 cm³/mol. The Morgan fingerprint density at radius 1 is 1.53 bits per heavy atom. The average Bonchev–Trinajstić information content (AvgIpc) is 2.53. The summed E-state index contributed by atoms with van der Waals surface area (Å²) >= 11 is 3.51. The molecule has 1 N–H and O–H groups in total. The van der Waals surface area contributed by atoms with Gasteiger partial charge in [0.05, 0.1) is 0 Å². The molecule has 2 aliphatic rings. The summed E-state index contributed by atoms with van der Waals surface area (Å²) in [6.45, 7) is 9.17. The first-order chi connectivity index (χ1) is 7.82. The van der Waals surface area contributed by atoms with E-state index in [-0.39, 0.29) is 11.7 Å². The molecule has 0 amide bonds. The highest BCUT2D eigenvalue weighted by atomic mass is 79.9. The number of allylic oxidation sites excluding steroid dienone is 4. The van der Waals surface area contributed by atoms with Crippen molar-refractivity contribution < 1.29 is 9.90 Å². The van der Waals surface area contributed by atoms with Crippen molar-refractivity contribution in [3.05, 3.63) is 45.5 Å². The van der Waals surface area contributed by atoms with Crippen molar-refractivity contribution in [3.8, 4) is 0 Å².